The molecule has 19 heavy (non-hydrogen) atoms. The first-order valence-corrected chi connectivity index (χ1v) is 6.54. The van der Waals surface area contributed by atoms with Gasteiger partial charge >= 0.3 is 0 Å². The monoisotopic (exact) mass is 264 g/mol. The van der Waals surface area contributed by atoms with Gasteiger partial charge in [0.1, 0.15) is 11.9 Å². The number of hydrogen-bond donors (Lipinski definition) is 1. The predicted octanol–water partition coefficient (Wildman–Crippen LogP) is 1.22. The molecule has 5 heteroatoms. The normalized spacial score (nSPS) is 25.2. The smallest absolute Gasteiger partial charge is 0.242 e. The van der Waals surface area contributed by atoms with E-state index in [0.29, 0.717) is 25.3 Å². The molecule has 0 spiro atoms. The quantitative estimate of drug-likeness (QED) is 0.873. The number of morpholine rings is 1. The van der Waals surface area contributed by atoms with Crippen molar-refractivity contribution in [2.24, 2.45) is 5.73 Å². The summed E-state index contributed by atoms with van der Waals surface area (Å²) in [5.41, 5.74) is 5.76. The first-order chi connectivity index (χ1) is 9.10. The molecule has 0 unspecified atom stereocenters. The fourth-order valence-electron chi connectivity index (χ4n) is 2.42. The lowest BCUT2D eigenvalue weighted by atomic mass is 10.1. The van der Waals surface area contributed by atoms with Crippen LogP contribution in [0.1, 0.15) is 24.5 Å². The van der Waals surface area contributed by atoms with E-state index in [9.17, 15) is 9.18 Å². The van der Waals surface area contributed by atoms with Crippen LogP contribution >= 0.6 is 0 Å². The van der Waals surface area contributed by atoms with E-state index in [4.69, 9.17) is 10.5 Å². The third kappa shape index (κ3) is 2.35. The van der Waals surface area contributed by atoms with Gasteiger partial charge in [-0.05, 0) is 18.9 Å². The summed E-state index contributed by atoms with van der Waals surface area (Å²) in [7, 11) is 0. The highest BCUT2D eigenvalue weighted by atomic mass is 19.1. The van der Waals surface area contributed by atoms with E-state index in [1.54, 1.807) is 23.1 Å². The standard InChI is InChI=1S/C14H17FN2O2/c15-11-4-2-1-3-10(11)12-9-17(7-8-19-12)13(18)14(16)5-6-14/h1-4,12H,5-9,16H2/t12-/m0/s1. The van der Waals surface area contributed by atoms with Crippen LogP contribution in [0.15, 0.2) is 24.3 Å². The maximum atomic E-state index is 13.7. The van der Waals surface area contributed by atoms with Crippen LogP contribution in [0, 0.1) is 5.82 Å². The van der Waals surface area contributed by atoms with Crippen LogP contribution in [-0.2, 0) is 9.53 Å². The Labute approximate surface area is 111 Å². The molecule has 2 N–H and O–H groups in total. The minimum Gasteiger partial charge on any atom is -0.370 e. The van der Waals surface area contributed by atoms with Gasteiger partial charge in [0.25, 0.3) is 0 Å². The molecule has 1 amide bonds. The summed E-state index contributed by atoms with van der Waals surface area (Å²) in [6.07, 6.45) is 1.09. The number of benzene rings is 1. The molecule has 1 aliphatic heterocycles. The van der Waals surface area contributed by atoms with Gasteiger partial charge in [-0.15, -0.1) is 0 Å². The number of ether oxygens (including phenoxy) is 1. The molecule has 1 heterocycles. The number of rotatable bonds is 2. The second-order valence-corrected chi connectivity index (χ2v) is 5.29. The number of amides is 1. The first kappa shape index (κ1) is 12.6. The Balaban J connectivity index is 1.75. The summed E-state index contributed by atoms with van der Waals surface area (Å²) >= 11 is 0. The highest BCUT2D eigenvalue weighted by molar-refractivity contribution is 5.89. The molecule has 2 fully saturated rings. The minimum atomic E-state index is -0.670. The van der Waals surface area contributed by atoms with Crippen LogP contribution in [0.4, 0.5) is 4.39 Å². The fraction of sp³-hybridized carbons (Fsp3) is 0.500. The van der Waals surface area contributed by atoms with E-state index in [1.807, 2.05) is 0 Å². The molecule has 1 aromatic rings. The van der Waals surface area contributed by atoms with Crippen LogP contribution in [0.5, 0.6) is 0 Å². The molecule has 0 bridgehead atoms. The maximum absolute atomic E-state index is 13.7. The van der Waals surface area contributed by atoms with Gasteiger partial charge < -0.3 is 15.4 Å². The Morgan fingerprint density at radius 3 is 2.84 bits per heavy atom. The number of carbonyl (C=O) groups is 1. The van der Waals surface area contributed by atoms with Crippen LogP contribution in [0.3, 0.4) is 0 Å². The lowest BCUT2D eigenvalue weighted by Gasteiger charge is -2.34. The second kappa shape index (κ2) is 4.58. The van der Waals surface area contributed by atoms with Crippen LogP contribution < -0.4 is 5.73 Å². The van der Waals surface area contributed by atoms with Crippen LogP contribution in [-0.4, -0.2) is 36.0 Å². The molecule has 1 saturated carbocycles. The van der Waals surface area contributed by atoms with Crippen molar-refractivity contribution in [2.45, 2.75) is 24.5 Å². The molecule has 2 aliphatic rings. The van der Waals surface area contributed by atoms with Crippen molar-refractivity contribution in [1.82, 2.24) is 4.90 Å². The van der Waals surface area contributed by atoms with Crippen molar-refractivity contribution in [1.29, 1.82) is 0 Å². The zero-order chi connectivity index (χ0) is 13.5. The molecule has 102 valence electrons. The summed E-state index contributed by atoms with van der Waals surface area (Å²) in [6.45, 7) is 1.32. The average molecular weight is 264 g/mol. The molecular formula is C14H17FN2O2. The summed E-state index contributed by atoms with van der Waals surface area (Å²) in [5, 5.41) is 0. The van der Waals surface area contributed by atoms with Gasteiger partial charge in [-0.2, -0.15) is 0 Å². The molecule has 1 atom stereocenters. The molecule has 0 radical (unpaired) electrons. The fourth-order valence-corrected chi connectivity index (χ4v) is 2.42. The van der Waals surface area contributed by atoms with Crippen molar-refractivity contribution in [3.05, 3.63) is 35.6 Å². The van der Waals surface area contributed by atoms with Crippen molar-refractivity contribution in [2.75, 3.05) is 19.7 Å². The van der Waals surface area contributed by atoms with E-state index in [-0.39, 0.29) is 11.7 Å². The lowest BCUT2D eigenvalue weighted by Crippen LogP contribution is -2.50. The van der Waals surface area contributed by atoms with E-state index < -0.39 is 11.6 Å². The molecule has 0 aromatic heterocycles. The van der Waals surface area contributed by atoms with Crippen LogP contribution in [0.2, 0.25) is 0 Å². The van der Waals surface area contributed by atoms with E-state index in [0.717, 1.165) is 12.8 Å². The number of hydrogen-bond acceptors (Lipinski definition) is 3. The number of halogens is 1. The predicted molar refractivity (Wildman–Crippen MR) is 67.8 cm³/mol. The highest BCUT2D eigenvalue weighted by Crippen LogP contribution is 2.35. The van der Waals surface area contributed by atoms with E-state index in [2.05, 4.69) is 0 Å². The second-order valence-electron chi connectivity index (χ2n) is 5.29. The molecule has 3 rings (SSSR count). The lowest BCUT2D eigenvalue weighted by molar-refractivity contribution is -0.141. The molecular weight excluding hydrogens is 247 g/mol. The Morgan fingerprint density at radius 2 is 2.16 bits per heavy atom. The first-order valence-electron chi connectivity index (χ1n) is 6.54. The summed E-state index contributed by atoms with van der Waals surface area (Å²) in [6, 6.07) is 6.52. The SMILES string of the molecule is NC1(C(=O)N2CCO[C@H](c3ccccc3F)C2)CC1. The summed E-state index contributed by atoms with van der Waals surface area (Å²) < 4.78 is 19.3. The minimum absolute atomic E-state index is 0.0304. The Hall–Kier alpha value is -1.46. The van der Waals surface area contributed by atoms with Crippen molar-refractivity contribution >= 4 is 5.91 Å². The van der Waals surface area contributed by atoms with Gasteiger partial charge in [0.05, 0.1) is 18.7 Å². The van der Waals surface area contributed by atoms with Crippen molar-refractivity contribution < 1.29 is 13.9 Å². The maximum Gasteiger partial charge on any atom is 0.242 e. The van der Waals surface area contributed by atoms with Gasteiger partial charge in [0.2, 0.25) is 5.91 Å². The Morgan fingerprint density at radius 1 is 1.42 bits per heavy atom. The number of nitrogens with zero attached hydrogens (tertiary/aromatic N) is 1. The zero-order valence-electron chi connectivity index (χ0n) is 10.6. The van der Waals surface area contributed by atoms with Gasteiger partial charge in [-0.25, -0.2) is 4.39 Å². The molecule has 1 saturated heterocycles. The van der Waals surface area contributed by atoms with Gasteiger partial charge in [0, 0.05) is 12.1 Å². The Kier molecular flexibility index (Phi) is 3.03. The Bertz CT molecular complexity index is 502. The third-order valence-electron chi connectivity index (χ3n) is 3.82. The van der Waals surface area contributed by atoms with Crippen molar-refractivity contribution in [3.63, 3.8) is 0 Å². The van der Waals surface area contributed by atoms with Gasteiger partial charge in [-0.3, -0.25) is 4.79 Å². The van der Waals surface area contributed by atoms with Gasteiger partial charge in [0.15, 0.2) is 0 Å². The largest absolute Gasteiger partial charge is 0.370 e. The summed E-state index contributed by atoms with van der Waals surface area (Å²) in [4.78, 5) is 13.9. The summed E-state index contributed by atoms with van der Waals surface area (Å²) in [5.74, 6) is -0.326. The van der Waals surface area contributed by atoms with Crippen LogP contribution in [0.25, 0.3) is 0 Å². The average Bonchev–Trinajstić information content (AvgIpc) is 3.18. The third-order valence-corrected chi connectivity index (χ3v) is 3.82. The number of carbonyl (C=O) groups excluding carboxylic acids is 1. The topological polar surface area (TPSA) is 55.6 Å². The highest BCUT2D eigenvalue weighted by Gasteiger charge is 2.48. The molecule has 1 aliphatic carbocycles. The van der Waals surface area contributed by atoms with E-state index in [1.165, 1.54) is 6.07 Å². The zero-order valence-corrected chi connectivity index (χ0v) is 10.6. The van der Waals surface area contributed by atoms with Crippen molar-refractivity contribution in [3.8, 4) is 0 Å². The molecule has 4 nitrogen and oxygen atoms in total. The van der Waals surface area contributed by atoms with Gasteiger partial charge in [-0.1, -0.05) is 18.2 Å². The number of nitrogens with two attached hydrogens (primary N) is 1. The molecule has 1 aromatic carbocycles. The van der Waals surface area contributed by atoms with E-state index >= 15 is 0 Å².